The number of hydrogen-bond donors (Lipinski definition) is 0. The number of nitrogens with zero attached hydrogens (tertiary/aromatic N) is 1. The van der Waals surface area contributed by atoms with Gasteiger partial charge in [-0.15, -0.1) is 0 Å². The molecule has 0 aliphatic carbocycles. The van der Waals surface area contributed by atoms with Crippen LogP contribution in [0.4, 0.5) is 0 Å². The molecule has 3 aromatic rings. The van der Waals surface area contributed by atoms with E-state index in [4.69, 9.17) is 37.5 Å². The van der Waals surface area contributed by atoms with Gasteiger partial charge in [0.15, 0.2) is 11.5 Å². The molecular formula is C22H17Br2Cl2NO3. The zero-order chi connectivity index (χ0) is 21.5. The van der Waals surface area contributed by atoms with E-state index in [2.05, 4.69) is 37.0 Å². The first-order valence-electron chi connectivity index (χ1n) is 8.81. The number of ether oxygens (including phenoxy) is 2. The molecule has 0 atom stereocenters. The molecule has 0 fully saturated rings. The van der Waals surface area contributed by atoms with E-state index in [1.807, 2.05) is 42.5 Å². The predicted octanol–water partition coefficient (Wildman–Crippen LogP) is 7.66. The van der Waals surface area contributed by atoms with E-state index >= 15 is 0 Å². The number of methoxy groups -OCH3 is 1. The molecule has 0 amide bonds. The van der Waals surface area contributed by atoms with Gasteiger partial charge < -0.3 is 14.3 Å². The Morgan fingerprint density at radius 1 is 0.900 bits per heavy atom. The molecule has 156 valence electrons. The van der Waals surface area contributed by atoms with Crippen molar-refractivity contribution in [1.82, 2.24) is 0 Å². The summed E-state index contributed by atoms with van der Waals surface area (Å²) >= 11 is 19.2. The Bertz CT molecular complexity index is 1050. The van der Waals surface area contributed by atoms with Crippen molar-refractivity contribution in [3.63, 3.8) is 0 Å². The number of halogens is 4. The second kappa shape index (κ2) is 11.0. The fourth-order valence-corrected chi connectivity index (χ4v) is 3.81. The highest BCUT2D eigenvalue weighted by Crippen LogP contribution is 2.42. The minimum atomic E-state index is 0.298. The minimum absolute atomic E-state index is 0.298. The average Bonchev–Trinajstić information content (AvgIpc) is 2.76. The highest BCUT2D eigenvalue weighted by Gasteiger charge is 2.17. The van der Waals surface area contributed by atoms with Crippen LogP contribution in [-0.2, 0) is 18.1 Å². The average molecular weight is 574 g/mol. The summed E-state index contributed by atoms with van der Waals surface area (Å²) < 4.78 is 12.9. The number of benzene rings is 3. The first-order valence-corrected chi connectivity index (χ1v) is 11.2. The first-order chi connectivity index (χ1) is 14.5. The van der Waals surface area contributed by atoms with Crippen molar-refractivity contribution in [3.8, 4) is 11.5 Å². The van der Waals surface area contributed by atoms with Crippen molar-refractivity contribution in [2.24, 2.45) is 5.16 Å². The summed E-state index contributed by atoms with van der Waals surface area (Å²) in [5.41, 5.74) is 2.70. The van der Waals surface area contributed by atoms with Crippen LogP contribution in [0.15, 0.2) is 68.7 Å². The maximum Gasteiger partial charge on any atom is 0.177 e. The molecule has 3 rings (SSSR count). The summed E-state index contributed by atoms with van der Waals surface area (Å²) in [6.45, 7) is 0.685. The fraction of sp³-hybridized carbons (Fsp3) is 0.136. The van der Waals surface area contributed by atoms with E-state index < -0.39 is 0 Å². The van der Waals surface area contributed by atoms with Crippen LogP contribution >= 0.6 is 55.1 Å². The maximum absolute atomic E-state index is 6.08. The Labute approximate surface area is 202 Å². The molecular weight excluding hydrogens is 557 g/mol. The maximum atomic E-state index is 6.08. The summed E-state index contributed by atoms with van der Waals surface area (Å²) in [7, 11) is 1.58. The lowest BCUT2D eigenvalue weighted by Gasteiger charge is -2.15. The van der Waals surface area contributed by atoms with Crippen LogP contribution in [-0.4, -0.2) is 13.3 Å². The Kier molecular flexibility index (Phi) is 8.45. The quantitative estimate of drug-likeness (QED) is 0.205. The molecule has 0 N–H and O–H groups in total. The van der Waals surface area contributed by atoms with Gasteiger partial charge in [0.25, 0.3) is 0 Å². The third-order valence-electron chi connectivity index (χ3n) is 4.08. The second-order valence-electron chi connectivity index (χ2n) is 6.16. The van der Waals surface area contributed by atoms with Crippen molar-refractivity contribution in [1.29, 1.82) is 0 Å². The lowest BCUT2D eigenvalue weighted by Crippen LogP contribution is -2.01. The Hall–Kier alpha value is -1.73. The van der Waals surface area contributed by atoms with Crippen LogP contribution < -0.4 is 9.47 Å². The van der Waals surface area contributed by atoms with Gasteiger partial charge in [-0.05, 0) is 61.2 Å². The van der Waals surface area contributed by atoms with E-state index in [1.165, 1.54) is 0 Å². The molecule has 0 heterocycles. The molecule has 0 aromatic heterocycles. The predicted molar refractivity (Wildman–Crippen MR) is 128 cm³/mol. The van der Waals surface area contributed by atoms with Gasteiger partial charge in [-0.25, -0.2) is 0 Å². The van der Waals surface area contributed by atoms with Crippen molar-refractivity contribution in [3.05, 3.63) is 90.3 Å². The standard InChI is InChI=1S/C22H17Br2Cl2NO3/c1-28-19-10-16(11-27-30-13-14-5-3-2-4-6-14)20(23)21(24)22(19)29-12-15-7-8-17(25)18(26)9-15/h2-11H,12-13H2,1H3/b27-11+. The monoisotopic (exact) mass is 571 g/mol. The van der Waals surface area contributed by atoms with Crippen molar-refractivity contribution >= 4 is 61.3 Å². The van der Waals surface area contributed by atoms with E-state index in [9.17, 15) is 0 Å². The molecule has 30 heavy (non-hydrogen) atoms. The van der Waals surface area contributed by atoms with Crippen LogP contribution in [0.25, 0.3) is 0 Å². The zero-order valence-corrected chi connectivity index (χ0v) is 20.6. The lowest BCUT2D eigenvalue weighted by molar-refractivity contribution is 0.132. The molecule has 8 heteroatoms. The Balaban J connectivity index is 1.73. The largest absolute Gasteiger partial charge is 0.493 e. The molecule has 0 bridgehead atoms. The Morgan fingerprint density at radius 2 is 1.67 bits per heavy atom. The molecule has 0 spiro atoms. The van der Waals surface area contributed by atoms with Crippen molar-refractivity contribution in [2.75, 3.05) is 7.11 Å². The molecule has 0 aliphatic rings. The highest BCUT2D eigenvalue weighted by atomic mass is 79.9. The zero-order valence-electron chi connectivity index (χ0n) is 15.9. The van der Waals surface area contributed by atoms with Gasteiger partial charge in [-0.1, -0.05) is 64.8 Å². The number of rotatable bonds is 8. The van der Waals surface area contributed by atoms with Gasteiger partial charge in [0.05, 0.1) is 27.8 Å². The highest BCUT2D eigenvalue weighted by molar-refractivity contribution is 9.13. The van der Waals surface area contributed by atoms with Crippen LogP contribution in [0.2, 0.25) is 10.0 Å². The number of oxime groups is 1. The lowest BCUT2D eigenvalue weighted by atomic mass is 10.2. The summed E-state index contributed by atoms with van der Waals surface area (Å²) in [5, 5.41) is 5.03. The van der Waals surface area contributed by atoms with Gasteiger partial charge in [0.2, 0.25) is 0 Å². The SMILES string of the molecule is COc1cc(/C=N/OCc2ccccc2)c(Br)c(Br)c1OCc1ccc(Cl)c(Cl)c1. The van der Waals surface area contributed by atoms with Crippen LogP contribution in [0, 0.1) is 0 Å². The molecule has 3 aromatic carbocycles. The van der Waals surface area contributed by atoms with Gasteiger partial charge in [-0.2, -0.15) is 0 Å². The topological polar surface area (TPSA) is 40.0 Å². The first kappa shape index (κ1) is 22.9. The molecule has 0 radical (unpaired) electrons. The smallest absolute Gasteiger partial charge is 0.177 e. The third-order valence-corrected chi connectivity index (χ3v) is 6.97. The van der Waals surface area contributed by atoms with Crippen LogP contribution in [0.5, 0.6) is 11.5 Å². The van der Waals surface area contributed by atoms with Crippen LogP contribution in [0.1, 0.15) is 16.7 Å². The summed E-state index contributed by atoms with van der Waals surface area (Å²) in [5.74, 6) is 1.10. The van der Waals surface area contributed by atoms with Gasteiger partial charge in [-0.3, -0.25) is 0 Å². The van der Waals surface area contributed by atoms with Gasteiger partial charge in [0.1, 0.15) is 13.2 Å². The molecule has 0 unspecified atom stereocenters. The van der Waals surface area contributed by atoms with E-state index in [1.54, 1.807) is 25.5 Å². The summed E-state index contributed by atoms with van der Waals surface area (Å²) in [6.07, 6.45) is 1.61. The van der Waals surface area contributed by atoms with E-state index in [0.29, 0.717) is 39.2 Å². The molecule has 0 aliphatic heterocycles. The number of hydrogen-bond acceptors (Lipinski definition) is 4. The van der Waals surface area contributed by atoms with Gasteiger partial charge >= 0.3 is 0 Å². The van der Waals surface area contributed by atoms with Crippen molar-refractivity contribution < 1.29 is 14.3 Å². The summed E-state index contributed by atoms with van der Waals surface area (Å²) in [6, 6.07) is 17.0. The molecule has 0 saturated heterocycles. The third kappa shape index (κ3) is 5.91. The Morgan fingerprint density at radius 3 is 2.37 bits per heavy atom. The normalized spacial score (nSPS) is 11.0. The minimum Gasteiger partial charge on any atom is -0.493 e. The fourth-order valence-electron chi connectivity index (χ4n) is 2.55. The summed E-state index contributed by atoms with van der Waals surface area (Å²) in [4.78, 5) is 5.39. The van der Waals surface area contributed by atoms with Crippen molar-refractivity contribution in [2.45, 2.75) is 13.2 Å². The molecule has 0 saturated carbocycles. The molecule has 4 nitrogen and oxygen atoms in total. The van der Waals surface area contributed by atoms with Crippen LogP contribution in [0.3, 0.4) is 0 Å². The van der Waals surface area contributed by atoms with E-state index in [0.717, 1.165) is 21.2 Å². The van der Waals surface area contributed by atoms with E-state index in [-0.39, 0.29) is 0 Å². The second-order valence-corrected chi connectivity index (χ2v) is 8.56. The van der Waals surface area contributed by atoms with Gasteiger partial charge in [0, 0.05) is 10.0 Å².